The number of halogens is 1. The number of piperazine rings is 1. The van der Waals surface area contributed by atoms with Crippen LogP contribution in [-0.4, -0.2) is 37.0 Å². The quantitative estimate of drug-likeness (QED) is 0.839. The summed E-state index contributed by atoms with van der Waals surface area (Å²) >= 11 is 0. The first-order valence-electron chi connectivity index (χ1n) is 7.66. The number of benzene rings is 1. The van der Waals surface area contributed by atoms with Gasteiger partial charge >= 0.3 is 0 Å². The van der Waals surface area contributed by atoms with Crippen molar-refractivity contribution in [1.29, 1.82) is 0 Å². The van der Waals surface area contributed by atoms with Crippen molar-refractivity contribution < 1.29 is 9.18 Å². The first-order valence-corrected chi connectivity index (χ1v) is 7.66. The zero-order valence-electron chi connectivity index (χ0n) is 12.6. The van der Waals surface area contributed by atoms with Gasteiger partial charge in [-0.1, -0.05) is 19.4 Å². The summed E-state index contributed by atoms with van der Waals surface area (Å²) in [6, 6.07) is 3.38. The first kappa shape index (κ1) is 15.9. The molecule has 116 valence electrons. The maximum Gasteiger partial charge on any atom is 0.251 e. The number of aryl methyl sites for hydroxylation is 1. The summed E-state index contributed by atoms with van der Waals surface area (Å²) < 4.78 is 14.6. The maximum absolute atomic E-state index is 14.6. The van der Waals surface area contributed by atoms with Gasteiger partial charge in [0.15, 0.2) is 0 Å². The van der Waals surface area contributed by atoms with Crippen LogP contribution in [0, 0.1) is 5.82 Å². The van der Waals surface area contributed by atoms with E-state index in [0.29, 0.717) is 12.1 Å². The standard InChI is InChI=1S/C16H24FN3O/c1-2-3-4-12-5-6-13(16(18)21)15(17)14(12)11-20-9-7-19-8-10-20/h5-6,19H,2-4,7-11H2,1H3,(H2,18,21). The molecule has 1 aliphatic rings. The smallest absolute Gasteiger partial charge is 0.251 e. The van der Waals surface area contributed by atoms with Crippen molar-refractivity contribution >= 4 is 5.91 Å². The second-order valence-corrected chi connectivity index (χ2v) is 5.56. The molecule has 1 fully saturated rings. The van der Waals surface area contributed by atoms with Crippen molar-refractivity contribution in [2.45, 2.75) is 32.7 Å². The van der Waals surface area contributed by atoms with Crippen LogP contribution in [0.15, 0.2) is 12.1 Å². The average Bonchev–Trinajstić information content (AvgIpc) is 2.48. The van der Waals surface area contributed by atoms with Gasteiger partial charge in [0.25, 0.3) is 5.91 Å². The zero-order chi connectivity index (χ0) is 15.2. The van der Waals surface area contributed by atoms with Gasteiger partial charge in [0.2, 0.25) is 0 Å². The van der Waals surface area contributed by atoms with Crippen LogP contribution in [-0.2, 0) is 13.0 Å². The molecule has 0 spiro atoms. The van der Waals surface area contributed by atoms with E-state index in [9.17, 15) is 9.18 Å². The van der Waals surface area contributed by atoms with E-state index in [1.807, 2.05) is 6.07 Å². The number of rotatable bonds is 6. The Balaban J connectivity index is 2.27. The van der Waals surface area contributed by atoms with E-state index in [1.165, 1.54) is 6.07 Å². The Morgan fingerprint density at radius 1 is 1.38 bits per heavy atom. The lowest BCUT2D eigenvalue weighted by atomic mass is 9.97. The fourth-order valence-electron chi connectivity index (χ4n) is 2.72. The fourth-order valence-corrected chi connectivity index (χ4v) is 2.72. The maximum atomic E-state index is 14.6. The van der Waals surface area contributed by atoms with Crippen molar-refractivity contribution in [3.8, 4) is 0 Å². The highest BCUT2D eigenvalue weighted by atomic mass is 19.1. The van der Waals surface area contributed by atoms with Crippen LogP contribution in [0.3, 0.4) is 0 Å². The molecule has 0 atom stereocenters. The second kappa shape index (κ2) is 7.52. The predicted molar refractivity (Wildman–Crippen MR) is 81.7 cm³/mol. The van der Waals surface area contributed by atoms with Crippen molar-refractivity contribution in [1.82, 2.24) is 10.2 Å². The lowest BCUT2D eigenvalue weighted by Crippen LogP contribution is -2.43. The Labute approximate surface area is 125 Å². The third-order valence-electron chi connectivity index (χ3n) is 4.00. The van der Waals surface area contributed by atoms with Gasteiger partial charge in [0, 0.05) is 38.3 Å². The number of unbranched alkanes of at least 4 members (excludes halogenated alkanes) is 1. The number of hydrogen-bond acceptors (Lipinski definition) is 3. The predicted octanol–water partition coefficient (Wildman–Crippen LogP) is 1.67. The molecule has 5 heteroatoms. The van der Waals surface area contributed by atoms with Crippen LogP contribution < -0.4 is 11.1 Å². The lowest BCUT2D eigenvalue weighted by molar-refractivity contribution is 0.0996. The molecule has 2 rings (SSSR count). The molecule has 1 amide bonds. The average molecular weight is 293 g/mol. The number of carbonyl (C=O) groups excluding carboxylic acids is 1. The van der Waals surface area contributed by atoms with Gasteiger partial charge in [0.05, 0.1) is 5.56 Å². The van der Waals surface area contributed by atoms with Crippen LogP contribution in [0.1, 0.15) is 41.3 Å². The minimum absolute atomic E-state index is 0.000355. The molecule has 4 nitrogen and oxygen atoms in total. The van der Waals surface area contributed by atoms with Crippen molar-refractivity contribution in [2.75, 3.05) is 26.2 Å². The number of nitrogens with zero attached hydrogens (tertiary/aromatic N) is 1. The molecular weight excluding hydrogens is 269 g/mol. The third-order valence-corrected chi connectivity index (χ3v) is 4.00. The van der Waals surface area contributed by atoms with E-state index in [2.05, 4.69) is 17.1 Å². The molecule has 1 saturated heterocycles. The summed E-state index contributed by atoms with van der Waals surface area (Å²) in [5, 5.41) is 3.28. The molecule has 0 bridgehead atoms. The van der Waals surface area contributed by atoms with Crippen LogP contribution in [0.5, 0.6) is 0 Å². The molecule has 3 N–H and O–H groups in total. The summed E-state index contributed by atoms with van der Waals surface area (Å²) in [5.74, 6) is -1.13. The Morgan fingerprint density at radius 3 is 2.71 bits per heavy atom. The molecule has 0 aromatic heterocycles. The van der Waals surface area contributed by atoms with Crippen LogP contribution in [0.4, 0.5) is 4.39 Å². The van der Waals surface area contributed by atoms with Crippen molar-refractivity contribution in [3.63, 3.8) is 0 Å². The Morgan fingerprint density at radius 2 is 2.10 bits per heavy atom. The van der Waals surface area contributed by atoms with E-state index in [1.54, 1.807) is 0 Å². The molecule has 1 heterocycles. The van der Waals surface area contributed by atoms with E-state index in [0.717, 1.165) is 51.0 Å². The molecule has 0 radical (unpaired) electrons. The molecule has 0 unspecified atom stereocenters. The molecule has 1 aliphatic heterocycles. The highest BCUT2D eigenvalue weighted by Gasteiger charge is 2.19. The normalized spacial score (nSPS) is 16.1. The van der Waals surface area contributed by atoms with Gasteiger partial charge in [-0.15, -0.1) is 0 Å². The van der Waals surface area contributed by atoms with Gasteiger partial charge in [-0.3, -0.25) is 9.69 Å². The van der Waals surface area contributed by atoms with Crippen LogP contribution in [0.25, 0.3) is 0 Å². The Kier molecular flexibility index (Phi) is 5.70. The first-order chi connectivity index (χ1) is 10.1. The number of amides is 1. The molecule has 0 saturated carbocycles. The lowest BCUT2D eigenvalue weighted by Gasteiger charge is -2.28. The molecule has 21 heavy (non-hydrogen) atoms. The summed E-state index contributed by atoms with van der Waals surface area (Å²) in [7, 11) is 0. The summed E-state index contributed by atoms with van der Waals surface area (Å²) in [4.78, 5) is 13.6. The number of primary amides is 1. The molecular formula is C16H24FN3O. The van der Waals surface area contributed by atoms with E-state index < -0.39 is 11.7 Å². The van der Waals surface area contributed by atoms with Gasteiger partial charge in [-0.05, 0) is 24.5 Å². The van der Waals surface area contributed by atoms with E-state index >= 15 is 0 Å². The zero-order valence-corrected chi connectivity index (χ0v) is 12.6. The molecule has 1 aromatic rings. The molecule has 1 aromatic carbocycles. The van der Waals surface area contributed by atoms with Gasteiger partial charge in [-0.2, -0.15) is 0 Å². The van der Waals surface area contributed by atoms with E-state index in [4.69, 9.17) is 5.73 Å². The second-order valence-electron chi connectivity index (χ2n) is 5.56. The minimum atomic E-state index is -0.698. The Hall–Kier alpha value is -1.46. The molecule has 0 aliphatic carbocycles. The Bertz CT molecular complexity index is 499. The third kappa shape index (κ3) is 4.02. The van der Waals surface area contributed by atoms with Gasteiger partial charge in [0.1, 0.15) is 5.82 Å². The summed E-state index contributed by atoms with van der Waals surface area (Å²) in [6.07, 6.45) is 2.92. The number of carbonyl (C=O) groups is 1. The number of hydrogen-bond donors (Lipinski definition) is 2. The minimum Gasteiger partial charge on any atom is -0.366 e. The van der Waals surface area contributed by atoms with Crippen molar-refractivity contribution in [3.05, 3.63) is 34.6 Å². The van der Waals surface area contributed by atoms with Crippen LogP contribution in [0.2, 0.25) is 0 Å². The number of nitrogens with two attached hydrogens (primary N) is 1. The summed E-state index contributed by atoms with van der Waals surface area (Å²) in [6.45, 7) is 6.29. The fraction of sp³-hybridized carbons (Fsp3) is 0.562. The van der Waals surface area contributed by atoms with Gasteiger partial charge in [-0.25, -0.2) is 4.39 Å². The monoisotopic (exact) mass is 293 g/mol. The van der Waals surface area contributed by atoms with Crippen LogP contribution >= 0.6 is 0 Å². The SMILES string of the molecule is CCCCc1ccc(C(N)=O)c(F)c1CN1CCNCC1. The number of nitrogens with one attached hydrogen (secondary N) is 1. The van der Waals surface area contributed by atoms with Gasteiger partial charge < -0.3 is 11.1 Å². The topological polar surface area (TPSA) is 58.4 Å². The summed E-state index contributed by atoms with van der Waals surface area (Å²) in [5.41, 5.74) is 6.90. The highest BCUT2D eigenvalue weighted by Crippen LogP contribution is 2.22. The largest absolute Gasteiger partial charge is 0.366 e. The van der Waals surface area contributed by atoms with E-state index in [-0.39, 0.29) is 5.56 Å². The van der Waals surface area contributed by atoms with Crippen molar-refractivity contribution in [2.24, 2.45) is 5.73 Å². The highest BCUT2D eigenvalue weighted by molar-refractivity contribution is 5.93.